The van der Waals surface area contributed by atoms with Crippen LogP contribution in [0.2, 0.25) is 0 Å². The van der Waals surface area contributed by atoms with Gasteiger partial charge < -0.3 is 19.7 Å². The molecule has 2 aromatic rings. The number of hydrogen-bond donors (Lipinski definition) is 2. The first kappa shape index (κ1) is 15.1. The number of fused-ring (bicyclic) bond motifs is 1. The van der Waals surface area contributed by atoms with Gasteiger partial charge in [-0.1, -0.05) is 12.1 Å². The monoisotopic (exact) mass is 302 g/mol. The van der Waals surface area contributed by atoms with Crippen molar-refractivity contribution in [1.82, 2.24) is 9.88 Å². The predicted octanol–water partition coefficient (Wildman–Crippen LogP) is 1.92. The number of hydrogen-bond acceptors (Lipinski definition) is 3. The summed E-state index contributed by atoms with van der Waals surface area (Å²) in [7, 11) is 1.72. The maximum atomic E-state index is 12.8. The minimum Gasteiger partial charge on any atom is -0.388 e. The van der Waals surface area contributed by atoms with Crippen molar-refractivity contribution in [1.29, 1.82) is 0 Å². The first-order chi connectivity index (χ1) is 10.4. The molecule has 0 radical (unpaired) electrons. The van der Waals surface area contributed by atoms with Gasteiger partial charge >= 0.3 is 0 Å². The van der Waals surface area contributed by atoms with Crippen LogP contribution in [-0.2, 0) is 4.74 Å². The van der Waals surface area contributed by atoms with Crippen molar-refractivity contribution in [2.24, 2.45) is 0 Å². The molecule has 0 spiro atoms. The van der Waals surface area contributed by atoms with Crippen LogP contribution in [0.15, 0.2) is 12.1 Å². The van der Waals surface area contributed by atoms with Crippen molar-refractivity contribution in [3.63, 3.8) is 0 Å². The molecule has 0 unspecified atom stereocenters. The highest BCUT2D eigenvalue weighted by Crippen LogP contribution is 2.28. The third-order valence-corrected chi connectivity index (χ3v) is 4.68. The second-order valence-electron chi connectivity index (χ2n) is 6.16. The van der Waals surface area contributed by atoms with Gasteiger partial charge in [-0.15, -0.1) is 0 Å². The van der Waals surface area contributed by atoms with E-state index in [1.165, 1.54) is 0 Å². The summed E-state index contributed by atoms with van der Waals surface area (Å²) in [5.41, 5.74) is 4.84. The Hall–Kier alpha value is -1.85. The summed E-state index contributed by atoms with van der Waals surface area (Å²) in [5.74, 6) is -0.109. The van der Waals surface area contributed by atoms with Gasteiger partial charge in [0.25, 0.3) is 5.91 Å². The Morgan fingerprint density at radius 1 is 1.27 bits per heavy atom. The highest BCUT2D eigenvalue weighted by atomic mass is 16.5. The Morgan fingerprint density at radius 3 is 2.55 bits per heavy atom. The second-order valence-corrected chi connectivity index (χ2v) is 6.16. The molecule has 118 valence electrons. The topological polar surface area (TPSA) is 65.6 Å². The maximum absolute atomic E-state index is 12.8. The Bertz CT molecular complexity index is 735. The van der Waals surface area contributed by atoms with Crippen LogP contribution in [0.1, 0.15) is 27.2 Å². The van der Waals surface area contributed by atoms with Gasteiger partial charge in [0.1, 0.15) is 5.69 Å². The molecule has 0 bridgehead atoms. The van der Waals surface area contributed by atoms with Crippen LogP contribution in [0.4, 0.5) is 0 Å². The lowest BCUT2D eigenvalue weighted by atomic mass is 10.0. The third-order valence-electron chi connectivity index (χ3n) is 4.68. The molecule has 22 heavy (non-hydrogen) atoms. The fraction of sp³-hybridized carbons (Fsp3) is 0.471. The minimum atomic E-state index is -0.623. The normalized spacial score (nSPS) is 21.5. The van der Waals surface area contributed by atoms with E-state index in [9.17, 15) is 9.90 Å². The summed E-state index contributed by atoms with van der Waals surface area (Å²) in [5, 5.41) is 11.0. The zero-order chi connectivity index (χ0) is 16.0. The highest BCUT2D eigenvalue weighted by Gasteiger charge is 2.33. The average Bonchev–Trinajstić information content (AvgIpc) is 3.06. The molecule has 1 aliphatic rings. The molecule has 5 nitrogen and oxygen atoms in total. The lowest BCUT2D eigenvalue weighted by Gasteiger charge is -2.25. The van der Waals surface area contributed by atoms with Crippen molar-refractivity contribution >= 4 is 16.8 Å². The number of ether oxygens (including phenoxy) is 1. The summed E-state index contributed by atoms with van der Waals surface area (Å²) < 4.78 is 5.25. The lowest BCUT2D eigenvalue weighted by Crippen LogP contribution is -2.44. The van der Waals surface area contributed by atoms with Gasteiger partial charge in [0, 0.05) is 18.0 Å². The molecule has 1 fully saturated rings. The molecule has 1 saturated heterocycles. The van der Waals surface area contributed by atoms with E-state index in [4.69, 9.17) is 4.74 Å². The summed E-state index contributed by atoms with van der Waals surface area (Å²) in [6.07, 6.45) is -0.623. The van der Waals surface area contributed by atoms with Gasteiger partial charge in [0.05, 0.1) is 25.4 Å². The number of aliphatic hydroxyl groups is 1. The van der Waals surface area contributed by atoms with E-state index < -0.39 is 6.10 Å². The fourth-order valence-electron chi connectivity index (χ4n) is 3.24. The molecule has 1 amide bonds. The van der Waals surface area contributed by atoms with Crippen molar-refractivity contribution < 1.29 is 14.6 Å². The van der Waals surface area contributed by atoms with E-state index in [1.54, 1.807) is 11.9 Å². The number of aliphatic hydroxyl groups excluding tert-OH is 1. The number of carbonyl (C=O) groups is 1. The first-order valence-electron chi connectivity index (χ1n) is 7.53. The average molecular weight is 302 g/mol. The van der Waals surface area contributed by atoms with E-state index >= 15 is 0 Å². The number of nitrogens with zero attached hydrogens (tertiary/aromatic N) is 1. The number of rotatable bonds is 2. The Morgan fingerprint density at radius 2 is 1.95 bits per heavy atom. The molecular formula is C17H22N2O3. The number of aryl methyl sites for hydroxylation is 3. The van der Waals surface area contributed by atoms with E-state index in [-0.39, 0.29) is 18.6 Å². The van der Waals surface area contributed by atoms with Crippen LogP contribution in [-0.4, -0.2) is 53.3 Å². The van der Waals surface area contributed by atoms with Crippen LogP contribution in [0, 0.1) is 20.8 Å². The molecule has 0 aliphatic carbocycles. The number of likely N-dealkylation sites (N-methyl/N-ethyl adjacent to an activating group) is 1. The molecule has 2 heterocycles. The zero-order valence-corrected chi connectivity index (χ0v) is 13.4. The second kappa shape index (κ2) is 5.41. The van der Waals surface area contributed by atoms with Gasteiger partial charge in [-0.05, 0) is 37.5 Å². The van der Waals surface area contributed by atoms with Crippen LogP contribution in [0.3, 0.4) is 0 Å². The van der Waals surface area contributed by atoms with Crippen LogP contribution in [0.5, 0.6) is 0 Å². The van der Waals surface area contributed by atoms with Gasteiger partial charge in [-0.2, -0.15) is 0 Å². The Balaban J connectivity index is 2.03. The number of nitrogens with one attached hydrogen (secondary N) is 1. The van der Waals surface area contributed by atoms with Crippen molar-refractivity contribution in [2.45, 2.75) is 32.9 Å². The number of aromatic nitrogens is 1. The Labute approximate surface area is 129 Å². The number of benzene rings is 1. The molecule has 5 heteroatoms. The van der Waals surface area contributed by atoms with Crippen LogP contribution in [0.25, 0.3) is 10.9 Å². The van der Waals surface area contributed by atoms with Crippen molar-refractivity contribution in [2.75, 3.05) is 20.3 Å². The van der Waals surface area contributed by atoms with Crippen molar-refractivity contribution in [3.8, 4) is 0 Å². The third kappa shape index (κ3) is 2.21. The maximum Gasteiger partial charge on any atom is 0.270 e. The number of H-pyrrole nitrogens is 1. The van der Waals surface area contributed by atoms with Gasteiger partial charge in [0.2, 0.25) is 0 Å². The van der Waals surface area contributed by atoms with E-state index in [0.29, 0.717) is 12.3 Å². The summed E-state index contributed by atoms with van der Waals surface area (Å²) in [4.78, 5) is 17.7. The summed E-state index contributed by atoms with van der Waals surface area (Å²) >= 11 is 0. The highest BCUT2D eigenvalue weighted by molar-refractivity contribution is 6.02. The van der Waals surface area contributed by atoms with E-state index in [2.05, 4.69) is 24.0 Å². The number of carbonyl (C=O) groups excluding carboxylic acids is 1. The number of amides is 1. The van der Waals surface area contributed by atoms with Gasteiger partial charge in [0.15, 0.2) is 0 Å². The van der Waals surface area contributed by atoms with Gasteiger partial charge in [-0.3, -0.25) is 4.79 Å². The number of aromatic amines is 1. The molecule has 2 N–H and O–H groups in total. The van der Waals surface area contributed by atoms with Gasteiger partial charge in [-0.25, -0.2) is 0 Å². The summed E-state index contributed by atoms with van der Waals surface area (Å²) in [6, 6.07) is 3.84. The zero-order valence-electron chi connectivity index (χ0n) is 13.4. The molecule has 2 atom stereocenters. The van der Waals surface area contributed by atoms with E-state index in [1.807, 2.05) is 13.8 Å². The molecule has 3 rings (SSSR count). The molecule has 1 aromatic carbocycles. The predicted molar refractivity (Wildman–Crippen MR) is 85.2 cm³/mol. The lowest BCUT2D eigenvalue weighted by molar-refractivity contribution is 0.0576. The molecule has 1 aromatic heterocycles. The quantitative estimate of drug-likeness (QED) is 0.891. The van der Waals surface area contributed by atoms with Crippen molar-refractivity contribution in [3.05, 3.63) is 34.5 Å². The molecular weight excluding hydrogens is 280 g/mol. The van der Waals surface area contributed by atoms with Crippen LogP contribution >= 0.6 is 0 Å². The van der Waals surface area contributed by atoms with E-state index in [0.717, 1.165) is 27.6 Å². The largest absolute Gasteiger partial charge is 0.388 e. The van der Waals surface area contributed by atoms with Crippen LogP contribution < -0.4 is 0 Å². The smallest absolute Gasteiger partial charge is 0.270 e. The SMILES string of the molecule is Cc1ccc(C)c2c(C)c(C(=O)N(C)[C@@H]3COC[C@H]3O)[nH]c12. The fourth-order valence-corrected chi connectivity index (χ4v) is 3.24. The standard InChI is InChI=1S/C17H22N2O3/c1-9-5-6-10(2)15-14(9)11(3)16(18-15)17(21)19(4)12-7-22-8-13(12)20/h5-6,12-13,18,20H,7-8H2,1-4H3/t12-,13-/m1/s1. The minimum absolute atomic E-state index is 0.109. The first-order valence-corrected chi connectivity index (χ1v) is 7.53. The Kier molecular flexibility index (Phi) is 3.70. The molecule has 1 aliphatic heterocycles. The summed E-state index contributed by atoms with van der Waals surface area (Å²) in [6.45, 7) is 6.71. The molecule has 0 saturated carbocycles.